The Balaban J connectivity index is 2.32. The molecule has 1 amide bonds. The third kappa shape index (κ3) is 1.77. The molecule has 0 radical (unpaired) electrons. The number of aromatic nitrogens is 1. The molecule has 5 heteroatoms. The van der Waals surface area contributed by atoms with Crippen molar-refractivity contribution < 1.29 is 4.79 Å². The number of carbonyl (C=O) groups is 1. The van der Waals surface area contributed by atoms with Gasteiger partial charge in [0.2, 0.25) is 5.91 Å². The first-order valence-corrected chi connectivity index (χ1v) is 5.30. The molecule has 0 saturated carbocycles. The summed E-state index contributed by atoms with van der Waals surface area (Å²) in [7, 11) is 0. The Morgan fingerprint density at radius 1 is 1.60 bits per heavy atom. The highest BCUT2D eigenvalue weighted by Gasteiger charge is 2.29. The largest absolute Gasteiger partial charge is 0.273 e. The number of amides is 1. The minimum absolute atomic E-state index is 0.124. The highest BCUT2D eigenvalue weighted by molar-refractivity contribution is 6.32. The Kier molecular flexibility index (Phi) is 2.77. The average molecular weight is 226 g/mol. The predicted octanol–water partition coefficient (Wildman–Crippen LogP) is 1.71. The Morgan fingerprint density at radius 2 is 2.40 bits per heavy atom. The van der Waals surface area contributed by atoms with Crippen molar-refractivity contribution in [2.45, 2.75) is 13.3 Å². The SMILES string of the molecule is CCN1C(=O)CCN1c1ncccc1Cl. The van der Waals surface area contributed by atoms with E-state index in [1.54, 1.807) is 23.3 Å². The van der Waals surface area contributed by atoms with Gasteiger partial charge in [-0.1, -0.05) is 11.6 Å². The van der Waals surface area contributed by atoms with Gasteiger partial charge < -0.3 is 0 Å². The Labute approximate surface area is 93.4 Å². The van der Waals surface area contributed by atoms with Gasteiger partial charge in [0.25, 0.3) is 0 Å². The standard InChI is InChI=1S/C10H12ClN3O/c1-2-13-9(15)5-7-14(13)10-8(11)4-3-6-12-10/h3-4,6H,2,5,7H2,1H3. The summed E-state index contributed by atoms with van der Waals surface area (Å²) in [5.41, 5.74) is 0. The number of anilines is 1. The van der Waals surface area contributed by atoms with Crippen LogP contribution in [-0.2, 0) is 4.79 Å². The molecule has 80 valence electrons. The predicted molar refractivity (Wildman–Crippen MR) is 58.6 cm³/mol. The quantitative estimate of drug-likeness (QED) is 0.769. The van der Waals surface area contributed by atoms with E-state index in [-0.39, 0.29) is 5.91 Å². The van der Waals surface area contributed by atoms with Crippen LogP contribution in [0.15, 0.2) is 18.3 Å². The van der Waals surface area contributed by atoms with Gasteiger partial charge in [0.15, 0.2) is 5.82 Å². The maximum Gasteiger partial charge on any atom is 0.242 e. The molecule has 1 aliphatic heterocycles. The van der Waals surface area contributed by atoms with Gasteiger partial charge in [-0.3, -0.25) is 14.8 Å². The fourth-order valence-corrected chi connectivity index (χ4v) is 1.94. The fraction of sp³-hybridized carbons (Fsp3) is 0.400. The van der Waals surface area contributed by atoms with Gasteiger partial charge in [-0.15, -0.1) is 0 Å². The van der Waals surface area contributed by atoms with Crippen molar-refractivity contribution in [2.75, 3.05) is 18.1 Å². The first kappa shape index (κ1) is 10.2. The lowest BCUT2D eigenvalue weighted by Gasteiger charge is -2.27. The summed E-state index contributed by atoms with van der Waals surface area (Å²) < 4.78 is 0. The molecule has 1 aromatic rings. The number of hydrazine groups is 1. The van der Waals surface area contributed by atoms with Gasteiger partial charge in [0.1, 0.15) is 0 Å². The van der Waals surface area contributed by atoms with E-state index in [1.165, 1.54) is 0 Å². The Hall–Kier alpha value is -1.29. The highest BCUT2D eigenvalue weighted by Crippen LogP contribution is 2.26. The van der Waals surface area contributed by atoms with E-state index >= 15 is 0 Å². The topological polar surface area (TPSA) is 36.4 Å². The molecule has 1 saturated heterocycles. The number of hydrogen-bond acceptors (Lipinski definition) is 3. The summed E-state index contributed by atoms with van der Waals surface area (Å²) in [5.74, 6) is 0.783. The van der Waals surface area contributed by atoms with E-state index in [0.717, 1.165) is 0 Å². The van der Waals surface area contributed by atoms with Gasteiger partial charge in [0, 0.05) is 19.2 Å². The van der Waals surface area contributed by atoms with E-state index in [4.69, 9.17) is 11.6 Å². The molecule has 0 aromatic carbocycles. The smallest absolute Gasteiger partial charge is 0.242 e. The van der Waals surface area contributed by atoms with Crippen LogP contribution < -0.4 is 5.01 Å². The van der Waals surface area contributed by atoms with Gasteiger partial charge in [-0.05, 0) is 19.1 Å². The van der Waals surface area contributed by atoms with Crippen molar-refractivity contribution in [1.29, 1.82) is 0 Å². The molecule has 15 heavy (non-hydrogen) atoms. The van der Waals surface area contributed by atoms with E-state index < -0.39 is 0 Å². The third-order valence-corrected chi connectivity index (χ3v) is 2.69. The zero-order valence-corrected chi connectivity index (χ0v) is 9.24. The van der Waals surface area contributed by atoms with Gasteiger partial charge in [0.05, 0.1) is 11.6 Å². The molecule has 1 aromatic heterocycles. The summed E-state index contributed by atoms with van der Waals surface area (Å²) in [6, 6.07) is 3.56. The van der Waals surface area contributed by atoms with Crippen LogP contribution in [0.25, 0.3) is 0 Å². The third-order valence-electron chi connectivity index (χ3n) is 2.40. The Morgan fingerprint density at radius 3 is 3.07 bits per heavy atom. The summed E-state index contributed by atoms with van der Waals surface area (Å²) in [6.45, 7) is 3.24. The number of nitrogens with zero attached hydrogens (tertiary/aromatic N) is 3. The molecule has 0 bridgehead atoms. The van der Waals surface area contributed by atoms with Gasteiger partial charge in [-0.25, -0.2) is 4.98 Å². The first-order valence-electron chi connectivity index (χ1n) is 4.92. The molecule has 0 unspecified atom stereocenters. The van der Waals surface area contributed by atoms with E-state index in [1.807, 2.05) is 11.9 Å². The second-order valence-electron chi connectivity index (χ2n) is 3.29. The first-order chi connectivity index (χ1) is 7.24. The van der Waals surface area contributed by atoms with Crippen LogP contribution in [0.4, 0.5) is 5.82 Å². The fourth-order valence-electron chi connectivity index (χ4n) is 1.72. The number of rotatable bonds is 2. The van der Waals surface area contributed by atoms with Crippen LogP contribution >= 0.6 is 11.6 Å². The van der Waals surface area contributed by atoms with Crippen molar-refractivity contribution >= 4 is 23.3 Å². The molecule has 2 heterocycles. The maximum absolute atomic E-state index is 11.5. The molecule has 4 nitrogen and oxygen atoms in total. The maximum atomic E-state index is 11.5. The second-order valence-corrected chi connectivity index (χ2v) is 3.70. The lowest BCUT2D eigenvalue weighted by molar-refractivity contribution is -0.127. The van der Waals surface area contributed by atoms with Crippen LogP contribution in [0.5, 0.6) is 0 Å². The van der Waals surface area contributed by atoms with Crippen molar-refractivity contribution in [1.82, 2.24) is 9.99 Å². The molecule has 2 rings (SSSR count). The molecule has 0 aliphatic carbocycles. The van der Waals surface area contributed by atoms with Crippen LogP contribution in [0.1, 0.15) is 13.3 Å². The second kappa shape index (κ2) is 4.06. The lowest BCUT2D eigenvalue weighted by Crippen LogP contribution is -2.39. The molecular weight excluding hydrogens is 214 g/mol. The zero-order chi connectivity index (χ0) is 10.8. The summed E-state index contributed by atoms with van der Waals surface area (Å²) in [6.07, 6.45) is 2.21. The van der Waals surface area contributed by atoms with E-state index in [9.17, 15) is 4.79 Å². The average Bonchev–Trinajstić information content (AvgIpc) is 2.60. The molecule has 0 spiro atoms. The minimum Gasteiger partial charge on any atom is -0.273 e. The van der Waals surface area contributed by atoms with E-state index in [2.05, 4.69) is 4.98 Å². The Bertz CT molecular complexity index is 383. The number of halogens is 1. The summed E-state index contributed by atoms with van der Waals surface area (Å²) in [5, 5.41) is 4.09. The van der Waals surface area contributed by atoms with Crippen molar-refractivity contribution in [3.8, 4) is 0 Å². The molecule has 1 aliphatic rings. The number of carbonyl (C=O) groups excluding carboxylic acids is 1. The van der Waals surface area contributed by atoms with Crippen LogP contribution in [0.3, 0.4) is 0 Å². The normalized spacial score (nSPS) is 16.3. The molecule has 0 N–H and O–H groups in total. The van der Waals surface area contributed by atoms with Crippen LogP contribution in [0, 0.1) is 0 Å². The lowest BCUT2D eigenvalue weighted by atomic mass is 10.4. The monoisotopic (exact) mass is 225 g/mol. The molecular formula is C10H12ClN3O. The van der Waals surface area contributed by atoms with Gasteiger partial charge >= 0.3 is 0 Å². The van der Waals surface area contributed by atoms with Crippen molar-refractivity contribution in [3.05, 3.63) is 23.4 Å². The summed E-state index contributed by atoms with van der Waals surface area (Å²) in [4.78, 5) is 15.7. The highest BCUT2D eigenvalue weighted by atomic mass is 35.5. The molecule has 1 fully saturated rings. The van der Waals surface area contributed by atoms with Gasteiger partial charge in [-0.2, -0.15) is 0 Å². The number of hydrogen-bond donors (Lipinski definition) is 0. The van der Waals surface area contributed by atoms with E-state index in [0.29, 0.717) is 30.4 Å². The van der Waals surface area contributed by atoms with Crippen LogP contribution in [-0.4, -0.2) is 29.0 Å². The van der Waals surface area contributed by atoms with Crippen molar-refractivity contribution in [3.63, 3.8) is 0 Å². The molecule has 0 atom stereocenters. The number of pyridine rings is 1. The summed E-state index contributed by atoms with van der Waals surface area (Å²) >= 11 is 6.03. The minimum atomic E-state index is 0.124. The van der Waals surface area contributed by atoms with Crippen molar-refractivity contribution in [2.24, 2.45) is 0 Å². The zero-order valence-electron chi connectivity index (χ0n) is 8.48. The van der Waals surface area contributed by atoms with Crippen LogP contribution in [0.2, 0.25) is 5.02 Å².